The zero-order valence-electron chi connectivity index (χ0n) is 10.2. The predicted molar refractivity (Wildman–Crippen MR) is 69.2 cm³/mol. The first-order valence-corrected chi connectivity index (χ1v) is 5.52. The number of hydrogen-bond acceptors (Lipinski definition) is 2. The van der Waals surface area contributed by atoms with Crippen LogP contribution in [0.25, 0.3) is 0 Å². The maximum atomic E-state index is 10.6. The van der Waals surface area contributed by atoms with Crippen LogP contribution in [0.2, 0.25) is 0 Å². The van der Waals surface area contributed by atoms with Gasteiger partial charge >= 0.3 is 5.97 Å². The zero-order valence-corrected chi connectivity index (χ0v) is 10.2. The first kappa shape index (κ1) is 13.1. The summed E-state index contributed by atoms with van der Waals surface area (Å²) in [5.74, 6) is 1.75. The lowest BCUT2D eigenvalue weighted by Gasteiger charge is -2.22. The summed E-state index contributed by atoms with van der Waals surface area (Å²) >= 11 is 0. The van der Waals surface area contributed by atoms with E-state index in [0.29, 0.717) is 13.1 Å². The molecule has 1 aromatic carbocycles. The van der Waals surface area contributed by atoms with E-state index in [9.17, 15) is 4.79 Å². The second-order valence-electron chi connectivity index (χ2n) is 4.04. The summed E-state index contributed by atoms with van der Waals surface area (Å²) in [4.78, 5) is 12.5. The van der Waals surface area contributed by atoms with Crippen molar-refractivity contribution >= 4 is 11.7 Å². The fraction of sp³-hybridized carbons (Fsp3) is 0.357. The molecule has 1 N–H and O–H groups in total. The number of aliphatic carboxylic acids is 1. The van der Waals surface area contributed by atoms with Gasteiger partial charge in [-0.3, -0.25) is 4.79 Å². The van der Waals surface area contributed by atoms with Crippen LogP contribution in [0.4, 0.5) is 5.69 Å². The van der Waals surface area contributed by atoms with Crippen molar-refractivity contribution in [1.29, 1.82) is 0 Å². The van der Waals surface area contributed by atoms with Crippen LogP contribution >= 0.6 is 0 Å². The van der Waals surface area contributed by atoms with Gasteiger partial charge in [0.2, 0.25) is 0 Å². The summed E-state index contributed by atoms with van der Waals surface area (Å²) in [6.45, 7) is 4.93. The minimum absolute atomic E-state index is 0.0919. The van der Waals surface area contributed by atoms with E-state index in [4.69, 9.17) is 11.5 Å². The molecular formula is C14H17NO2. The first-order chi connectivity index (χ1) is 8.04. The Balaban J connectivity index is 2.85. The van der Waals surface area contributed by atoms with E-state index < -0.39 is 5.97 Å². The molecule has 0 fully saturated rings. The summed E-state index contributed by atoms with van der Waals surface area (Å²) in [7, 11) is 0. The molecule has 3 nitrogen and oxygen atoms in total. The molecule has 3 heteroatoms. The molecule has 0 saturated heterocycles. The Bertz CT molecular complexity index is 446. The van der Waals surface area contributed by atoms with Gasteiger partial charge in [-0.05, 0) is 37.1 Å². The van der Waals surface area contributed by atoms with E-state index in [2.05, 4.69) is 5.92 Å². The third-order valence-electron chi connectivity index (χ3n) is 2.73. The molecule has 0 aliphatic rings. The third kappa shape index (κ3) is 3.84. The Morgan fingerprint density at radius 2 is 2.12 bits per heavy atom. The standard InChI is InChI=1S/C14H17NO2/c1-4-8-15(9-7-14(16)17)13-6-5-11(2)12(3)10-13/h1,5-6,10H,7-9H2,2-3H3,(H,16,17). The van der Waals surface area contributed by atoms with Crippen molar-refractivity contribution in [1.82, 2.24) is 0 Å². The number of terminal acetylenes is 1. The number of benzene rings is 1. The first-order valence-electron chi connectivity index (χ1n) is 5.52. The van der Waals surface area contributed by atoms with Crippen LogP contribution in [-0.2, 0) is 4.79 Å². The van der Waals surface area contributed by atoms with Gasteiger partial charge in [0, 0.05) is 12.2 Å². The van der Waals surface area contributed by atoms with Crippen LogP contribution in [0.3, 0.4) is 0 Å². The number of carboxylic acid groups (broad SMARTS) is 1. The summed E-state index contributed by atoms with van der Waals surface area (Å²) < 4.78 is 0. The highest BCUT2D eigenvalue weighted by Crippen LogP contribution is 2.18. The lowest BCUT2D eigenvalue weighted by Crippen LogP contribution is -2.26. The number of anilines is 1. The molecule has 0 aromatic heterocycles. The predicted octanol–water partition coefficient (Wildman–Crippen LogP) is 2.22. The highest BCUT2D eigenvalue weighted by molar-refractivity contribution is 5.67. The van der Waals surface area contributed by atoms with Crippen molar-refractivity contribution in [2.24, 2.45) is 0 Å². The normalized spacial score (nSPS) is 9.71. The Labute approximate surface area is 102 Å². The molecule has 1 aromatic rings. The van der Waals surface area contributed by atoms with E-state index >= 15 is 0 Å². The number of nitrogens with zero attached hydrogens (tertiary/aromatic N) is 1. The van der Waals surface area contributed by atoms with Crippen molar-refractivity contribution in [3.63, 3.8) is 0 Å². The molecule has 1 rings (SSSR count). The Kier molecular flexibility index (Phi) is 4.59. The van der Waals surface area contributed by atoms with Crippen LogP contribution in [0.15, 0.2) is 18.2 Å². The van der Waals surface area contributed by atoms with Gasteiger partial charge in [0.15, 0.2) is 0 Å². The zero-order chi connectivity index (χ0) is 12.8. The van der Waals surface area contributed by atoms with Crippen LogP contribution in [0, 0.1) is 26.2 Å². The highest BCUT2D eigenvalue weighted by Gasteiger charge is 2.08. The largest absolute Gasteiger partial charge is 0.481 e. The molecule has 0 unspecified atom stereocenters. The van der Waals surface area contributed by atoms with Crippen molar-refractivity contribution < 1.29 is 9.90 Å². The summed E-state index contributed by atoms with van der Waals surface area (Å²) in [6, 6.07) is 6.03. The monoisotopic (exact) mass is 231 g/mol. The number of rotatable bonds is 5. The molecule has 0 radical (unpaired) electrons. The van der Waals surface area contributed by atoms with Crippen LogP contribution in [-0.4, -0.2) is 24.2 Å². The Hall–Kier alpha value is -1.95. The smallest absolute Gasteiger partial charge is 0.305 e. The number of aryl methyl sites for hydroxylation is 2. The maximum Gasteiger partial charge on any atom is 0.305 e. The van der Waals surface area contributed by atoms with E-state index in [0.717, 1.165) is 5.69 Å². The quantitative estimate of drug-likeness (QED) is 0.790. The van der Waals surface area contributed by atoms with Gasteiger partial charge in [0.1, 0.15) is 0 Å². The van der Waals surface area contributed by atoms with E-state index in [-0.39, 0.29) is 6.42 Å². The van der Waals surface area contributed by atoms with Crippen molar-refractivity contribution in [2.45, 2.75) is 20.3 Å². The second kappa shape index (κ2) is 5.95. The average Bonchev–Trinajstić information content (AvgIpc) is 2.28. The summed E-state index contributed by atoms with van der Waals surface area (Å²) in [5.41, 5.74) is 3.37. The molecule has 17 heavy (non-hydrogen) atoms. The average molecular weight is 231 g/mol. The summed E-state index contributed by atoms with van der Waals surface area (Å²) in [6.07, 6.45) is 5.39. The molecule has 0 amide bonds. The van der Waals surface area contributed by atoms with Crippen molar-refractivity contribution in [3.05, 3.63) is 29.3 Å². The van der Waals surface area contributed by atoms with Gasteiger partial charge in [0.05, 0.1) is 13.0 Å². The van der Waals surface area contributed by atoms with Crippen LogP contribution in [0.1, 0.15) is 17.5 Å². The molecule has 0 heterocycles. The molecule has 90 valence electrons. The summed E-state index contributed by atoms with van der Waals surface area (Å²) in [5, 5.41) is 8.70. The van der Waals surface area contributed by atoms with Crippen molar-refractivity contribution in [2.75, 3.05) is 18.0 Å². The minimum atomic E-state index is -0.809. The van der Waals surface area contributed by atoms with Gasteiger partial charge in [-0.2, -0.15) is 0 Å². The molecule has 0 saturated carbocycles. The van der Waals surface area contributed by atoms with Crippen LogP contribution in [0.5, 0.6) is 0 Å². The van der Waals surface area contributed by atoms with E-state index in [1.807, 2.05) is 36.9 Å². The van der Waals surface area contributed by atoms with Gasteiger partial charge in [-0.15, -0.1) is 6.42 Å². The Morgan fingerprint density at radius 1 is 1.41 bits per heavy atom. The molecule has 0 atom stereocenters. The van der Waals surface area contributed by atoms with Gasteiger partial charge in [0.25, 0.3) is 0 Å². The fourth-order valence-corrected chi connectivity index (χ4v) is 1.56. The SMILES string of the molecule is C#CCN(CCC(=O)O)c1ccc(C)c(C)c1. The lowest BCUT2D eigenvalue weighted by molar-refractivity contribution is -0.136. The molecular weight excluding hydrogens is 214 g/mol. The molecule has 0 aliphatic heterocycles. The van der Waals surface area contributed by atoms with Crippen molar-refractivity contribution in [3.8, 4) is 12.3 Å². The fourth-order valence-electron chi connectivity index (χ4n) is 1.56. The maximum absolute atomic E-state index is 10.6. The van der Waals surface area contributed by atoms with E-state index in [1.54, 1.807) is 0 Å². The number of carbonyl (C=O) groups is 1. The number of hydrogen-bond donors (Lipinski definition) is 1. The molecule has 0 aliphatic carbocycles. The highest BCUT2D eigenvalue weighted by atomic mass is 16.4. The third-order valence-corrected chi connectivity index (χ3v) is 2.73. The number of carboxylic acids is 1. The van der Waals surface area contributed by atoms with E-state index in [1.165, 1.54) is 11.1 Å². The minimum Gasteiger partial charge on any atom is -0.481 e. The molecule has 0 bridgehead atoms. The second-order valence-corrected chi connectivity index (χ2v) is 4.04. The lowest BCUT2D eigenvalue weighted by atomic mass is 10.1. The van der Waals surface area contributed by atoms with Gasteiger partial charge in [-0.1, -0.05) is 12.0 Å². The molecule has 0 spiro atoms. The Morgan fingerprint density at radius 3 is 2.65 bits per heavy atom. The topological polar surface area (TPSA) is 40.5 Å². The van der Waals surface area contributed by atoms with Gasteiger partial charge < -0.3 is 10.0 Å². The van der Waals surface area contributed by atoms with Crippen LogP contribution < -0.4 is 4.90 Å². The van der Waals surface area contributed by atoms with Gasteiger partial charge in [-0.25, -0.2) is 0 Å².